The Morgan fingerprint density at radius 2 is 1.14 bits per heavy atom. The Balaban J connectivity index is 3.04. The molecule has 0 radical (unpaired) electrons. The third-order valence-corrected chi connectivity index (χ3v) is 5.71. The lowest BCUT2D eigenvalue weighted by atomic mass is 10.1. The molecule has 0 saturated carbocycles. The van der Waals surface area contributed by atoms with Crippen LogP contribution in [0, 0.1) is 0 Å². The van der Waals surface area contributed by atoms with Gasteiger partial charge >= 0.3 is 0 Å². The van der Waals surface area contributed by atoms with E-state index >= 15 is 0 Å². The number of unbranched alkanes of at least 4 members (excludes halogenated alkanes) is 6. The molecule has 1 heteroatoms. The van der Waals surface area contributed by atoms with Crippen molar-refractivity contribution in [3.63, 3.8) is 0 Å². The summed E-state index contributed by atoms with van der Waals surface area (Å²) in [6.07, 6.45) is 14.7. The second-order valence-electron chi connectivity index (χ2n) is 4.15. The second kappa shape index (κ2) is 11.5. The van der Waals surface area contributed by atoms with Gasteiger partial charge in [-0.15, -0.1) is 7.92 Å². The van der Waals surface area contributed by atoms with Crippen LogP contribution in [0.2, 0.25) is 0 Å². The Bertz CT molecular complexity index is 97.4. The summed E-state index contributed by atoms with van der Waals surface area (Å²) in [5.41, 5.74) is 0. The van der Waals surface area contributed by atoms with Gasteiger partial charge in [0.1, 0.15) is 0 Å². The van der Waals surface area contributed by atoms with Gasteiger partial charge in [0.15, 0.2) is 0 Å². The highest BCUT2D eigenvalue weighted by atomic mass is 31.1. The van der Waals surface area contributed by atoms with E-state index in [4.69, 9.17) is 0 Å². The summed E-state index contributed by atoms with van der Waals surface area (Å²) in [4.78, 5) is 0. The molecule has 0 rings (SSSR count). The van der Waals surface area contributed by atoms with Gasteiger partial charge in [0, 0.05) is 0 Å². The van der Waals surface area contributed by atoms with Crippen molar-refractivity contribution in [2.45, 2.75) is 65.7 Å². The molecular weight excluding hydrogens is 187 g/mol. The molecule has 0 unspecified atom stereocenters. The van der Waals surface area contributed by atoms with Gasteiger partial charge in [-0.25, -0.2) is 0 Å². The third kappa shape index (κ3) is 9.00. The molecule has 0 aliphatic rings. The second-order valence-corrected chi connectivity index (χ2v) is 7.20. The molecule has 0 aromatic rings. The zero-order valence-corrected chi connectivity index (χ0v) is 11.4. The first-order valence-corrected chi connectivity index (χ1v) is 8.47. The largest absolute Gasteiger partial charge is 0.107 e. The van der Waals surface area contributed by atoms with Gasteiger partial charge in [0.2, 0.25) is 0 Å². The predicted octanol–water partition coefficient (Wildman–Crippen LogP) is 5.26. The van der Waals surface area contributed by atoms with Gasteiger partial charge in [-0.05, 0) is 24.9 Å². The summed E-state index contributed by atoms with van der Waals surface area (Å²) in [5.74, 6) is 0. The van der Waals surface area contributed by atoms with E-state index in [2.05, 4.69) is 20.8 Å². The minimum atomic E-state index is 0.416. The zero-order chi connectivity index (χ0) is 10.6. The molecule has 0 aromatic heterocycles. The summed E-state index contributed by atoms with van der Waals surface area (Å²) in [5, 5.41) is 0. The average Bonchev–Trinajstić information content (AvgIpc) is 2.22. The topological polar surface area (TPSA) is 0 Å². The lowest BCUT2D eigenvalue weighted by molar-refractivity contribution is 0.603. The fraction of sp³-hybridized carbons (Fsp3) is 1.00. The Kier molecular flexibility index (Phi) is 11.9. The van der Waals surface area contributed by atoms with E-state index in [-0.39, 0.29) is 0 Å². The van der Waals surface area contributed by atoms with Crippen LogP contribution >= 0.6 is 7.92 Å². The van der Waals surface area contributed by atoms with Crippen molar-refractivity contribution in [1.29, 1.82) is 0 Å². The fourth-order valence-corrected chi connectivity index (χ4v) is 3.58. The van der Waals surface area contributed by atoms with Gasteiger partial charge < -0.3 is 0 Å². The lowest BCUT2D eigenvalue weighted by Crippen LogP contribution is -1.90. The molecule has 0 N–H and O–H groups in total. The van der Waals surface area contributed by atoms with E-state index < -0.39 is 0 Å². The van der Waals surface area contributed by atoms with Crippen LogP contribution in [0.3, 0.4) is 0 Å². The molecule has 86 valence electrons. The average molecular weight is 216 g/mol. The molecule has 0 amide bonds. The van der Waals surface area contributed by atoms with Gasteiger partial charge in [-0.1, -0.05) is 59.3 Å². The summed E-state index contributed by atoms with van der Waals surface area (Å²) < 4.78 is 0. The maximum absolute atomic E-state index is 2.36. The van der Waals surface area contributed by atoms with E-state index in [0.29, 0.717) is 7.92 Å². The third-order valence-electron chi connectivity index (χ3n) is 2.97. The lowest BCUT2D eigenvalue weighted by Gasteiger charge is -2.12. The Hall–Kier alpha value is 0.430. The molecule has 0 nitrogen and oxygen atoms in total. The summed E-state index contributed by atoms with van der Waals surface area (Å²) in [6, 6.07) is 0. The van der Waals surface area contributed by atoms with Crippen LogP contribution in [0.4, 0.5) is 0 Å². The summed E-state index contributed by atoms with van der Waals surface area (Å²) in [6.45, 7) is 7.00. The molecule has 0 atom stereocenters. The van der Waals surface area contributed by atoms with Crippen LogP contribution in [0.5, 0.6) is 0 Å². The molecule has 0 saturated heterocycles. The van der Waals surface area contributed by atoms with Crippen LogP contribution in [0.1, 0.15) is 65.7 Å². The molecular formula is C13H29P. The first kappa shape index (κ1) is 14.4. The monoisotopic (exact) mass is 216 g/mol. The van der Waals surface area contributed by atoms with E-state index in [1.54, 1.807) is 0 Å². The maximum Gasteiger partial charge on any atom is -0.0326 e. The van der Waals surface area contributed by atoms with Crippen molar-refractivity contribution in [2.24, 2.45) is 0 Å². The molecule has 0 aromatic carbocycles. The number of hydrogen-bond acceptors (Lipinski definition) is 0. The van der Waals surface area contributed by atoms with Crippen LogP contribution in [0.15, 0.2) is 0 Å². The fourth-order valence-electron chi connectivity index (χ4n) is 1.83. The van der Waals surface area contributed by atoms with Crippen LogP contribution in [0.25, 0.3) is 0 Å². The van der Waals surface area contributed by atoms with Gasteiger partial charge in [0.05, 0.1) is 0 Å². The molecule has 0 fully saturated rings. The van der Waals surface area contributed by atoms with Crippen LogP contribution in [-0.2, 0) is 0 Å². The van der Waals surface area contributed by atoms with Crippen molar-refractivity contribution >= 4 is 7.92 Å². The smallest absolute Gasteiger partial charge is 0.0326 e. The van der Waals surface area contributed by atoms with Gasteiger partial charge in [-0.3, -0.25) is 0 Å². The van der Waals surface area contributed by atoms with Crippen LogP contribution < -0.4 is 0 Å². The van der Waals surface area contributed by atoms with E-state index in [0.717, 1.165) is 0 Å². The van der Waals surface area contributed by atoms with E-state index in [1.807, 2.05) is 0 Å². The minimum Gasteiger partial charge on any atom is -0.107 e. The highest BCUT2D eigenvalue weighted by molar-refractivity contribution is 7.57. The van der Waals surface area contributed by atoms with Crippen molar-refractivity contribution < 1.29 is 0 Å². The first-order chi connectivity index (χ1) is 6.85. The van der Waals surface area contributed by atoms with Crippen molar-refractivity contribution in [2.75, 3.05) is 18.5 Å². The summed E-state index contributed by atoms with van der Waals surface area (Å²) >= 11 is 0. The number of rotatable bonds is 10. The molecule has 0 aliphatic heterocycles. The number of hydrogen-bond donors (Lipinski definition) is 0. The Morgan fingerprint density at radius 3 is 1.64 bits per heavy atom. The predicted molar refractivity (Wildman–Crippen MR) is 70.9 cm³/mol. The molecule has 0 heterocycles. The molecule has 0 spiro atoms. The van der Waals surface area contributed by atoms with Gasteiger partial charge in [0.25, 0.3) is 0 Å². The minimum absolute atomic E-state index is 0.416. The van der Waals surface area contributed by atoms with Crippen LogP contribution in [-0.4, -0.2) is 18.5 Å². The standard InChI is InChI=1S/C13H29P/c1-4-7-8-9-10-11-12-13-14(5-2)6-3/h4-13H2,1-3H3. The van der Waals surface area contributed by atoms with Gasteiger partial charge in [-0.2, -0.15) is 0 Å². The highest BCUT2D eigenvalue weighted by Crippen LogP contribution is 2.35. The Morgan fingerprint density at radius 1 is 0.643 bits per heavy atom. The summed E-state index contributed by atoms with van der Waals surface area (Å²) in [7, 11) is 0.416. The quantitative estimate of drug-likeness (QED) is 0.345. The molecule has 0 bridgehead atoms. The zero-order valence-electron chi connectivity index (χ0n) is 10.5. The van der Waals surface area contributed by atoms with Crippen molar-refractivity contribution in [3.05, 3.63) is 0 Å². The van der Waals surface area contributed by atoms with Crippen molar-refractivity contribution in [1.82, 2.24) is 0 Å². The SMILES string of the molecule is CCCCCCCCCP(CC)CC. The van der Waals surface area contributed by atoms with E-state index in [1.165, 1.54) is 63.4 Å². The maximum atomic E-state index is 2.36. The van der Waals surface area contributed by atoms with Crippen molar-refractivity contribution in [3.8, 4) is 0 Å². The van der Waals surface area contributed by atoms with E-state index in [9.17, 15) is 0 Å². The first-order valence-electron chi connectivity index (χ1n) is 6.57. The molecule has 0 aliphatic carbocycles. The molecule has 14 heavy (non-hydrogen) atoms. The normalized spacial score (nSPS) is 11.1. The Labute approximate surface area is 92.6 Å². The highest BCUT2D eigenvalue weighted by Gasteiger charge is 2.00.